The van der Waals surface area contributed by atoms with E-state index in [-0.39, 0.29) is 5.91 Å². The molecule has 0 aromatic carbocycles. The number of furan rings is 1. The van der Waals surface area contributed by atoms with E-state index in [0.29, 0.717) is 10.9 Å². The second-order valence-corrected chi connectivity index (χ2v) is 4.86. The van der Waals surface area contributed by atoms with Gasteiger partial charge in [-0.1, -0.05) is 11.8 Å². The van der Waals surface area contributed by atoms with Crippen LogP contribution in [0.1, 0.15) is 24.2 Å². The summed E-state index contributed by atoms with van der Waals surface area (Å²) in [6, 6.07) is 1.92. The van der Waals surface area contributed by atoms with Gasteiger partial charge in [0.2, 0.25) is 5.91 Å². The first-order valence-corrected chi connectivity index (χ1v) is 6.45. The summed E-state index contributed by atoms with van der Waals surface area (Å²) in [7, 11) is 0. The van der Waals surface area contributed by atoms with Crippen LogP contribution in [0.2, 0.25) is 0 Å². The third kappa shape index (κ3) is 2.12. The van der Waals surface area contributed by atoms with Gasteiger partial charge in [-0.05, 0) is 18.9 Å². The maximum atomic E-state index is 11.0. The quantitative estimate of drug-likeness (QED) is 0.768. The highest BCUT2D eigenvalue weighted by Crippen LogP contribution is 2.23. The van der Waals surface area contributed by atoms with Crippen molar-refractivity contribution >= 4 is 28.5 Å². The Balaban J connectivity index is 1.84. The van der Waals surface area contributed by atoms with Crippen LogP contribution in [0.15, 0.2) is 26.9 Å². The molecule has 1 aliphatic carbocycles. The minimum atomic E-state index is -0.0124. The zero-order chi connectivity index (χ0) is 11.7. The van der Waals surface area contributed by atoms with Gasteiger partial charge < -0.3 is 9.73 Å². The third-order valence-electron chi connectivity index (χ3n) is 2.72. The van der Waals surface area contributed by atoms with E-state index in [1.165, 1.54) is 11.8 Å². The lowest BCUT2D eigenvalue weighted by Crippen LogP contribution is -2.20. The van der Waals surface area contributed by atoms with Crippen molar-refractivity contribution in [3.8, 4) is 0 Å². The van der Waals surface area contributed by atoms with Crippen molar-refractivity contribution in [1.82, 2.24) is 5.32 Å². The van der Waals surface area contributed by atoms with Crippen LogP contribution in [0.25, 0.3) is 0 Å². The lowest BCUT2D eigenvalue weighted by molar-refractivity contribution is -0.116. The van der Waals surface area contributed by atoms with E-state index in [1.54, 1.807) is 6.26 Å². The van der Waals surface area contributed by atoms with Crippen LogP contribution in [-0.2, 0) is 11.2 Å². The van der Waals surface area contributed by atoms with Crippen molar-refractivity contribution < 1.29 is 9.21 Å². The summed E-state index contributed by atoms with van der Waals surface area (Å²) in [6.45, 7) is 0. The van der Waals surface area contributed by atoms with Gasteiger partial charge in [0.25, 0.3) is 0 Å². The fourth-order valence-electron chi connectivity index (χ4n) is 1.93. The Morgan fingerprint density at radius 2 is 2.29 bits per heavy atom. The molecule has 0 radical (unpaired) electrons. The number of rotatable bonds is 1. The molecular formula is C11H11N3O2S. The molecule has 2 heterocycles. The molecule has 0 atom stereocenters. The lowest BCUT2D eigenvalue weighted by Gasteiger charge is -2.10. The zero-order valence-corrected chi connectivity index (χ0v) is 9.92. The van der Waals surface area contributed by atoms with E-state index in [1.807, 2.05) is 6.07 Å². The van der Waals surface area contributed by atoms with Crippen LogP contribution >= 0.6 is 11.8 Å². The molecule has 1 aliphatic heterocycles. The molecule has 5 nitrogen and oxygen atoms in total. The summed E-state index contributed by atoms with van der Waals surface area (Å²) in [5, 5.41) is 11.5. The highest BCUT2D eigenvalue weighted by Gasteiger charge is 2.19. The summed E-state index contributed by atoms with van der Waals surface area (Å²) in [4.78, 5) is 11.0. The normalized spacial score (nSPS) is 24.1. The number of thioether (sulfide) groups is 1. The van der Waals surface area contributed by atoms with Gasteiger partial charge in [-0.3, -0.25) is 4.79 Å². The first kappa shape index (κ1) is 10.6. The number of amidine groups is 1. The predicted octanol–water partition coefficient (Wildman–Crippen LogP) is 1.54. The average Bonchev–Trinajstić information content (AvgIpc) is 2.94. The number of carbonyl (C=O) groups is 1. The molecule has 1 amide bonds. The third-order valence-corrected chi connectivity index (χ3v) is 3.59. The molecule has 1 N–H and O–H groups in total. The lowest BCUT2D eigenvalue weighted by atomic mass is 9.97. The van der Waals surface area contributed by atoms with Crippen molar-refractivity contribution in [3.05, 3.63) is 23.7 Å². The molecule has 1 saturated heterocycles. The van der Waals surface area contributed by atoms with Crippen molar-refractivity contribution in [2.75, 3.05) is 5.75 Å². The highest BCUT2D eigenvalue weighted by molar-refractivity contribution is 8.15. The largest absolute Gasteiger partial charge is 0.469 e. The average molecular weight is 249 g/mol. The van der Waals surface area contributed by atoms with Gasteiger partial charge in [0.15, 0.2) is 5.17 Å². The first-order valence-electron chi connectivity index (χ1n) is 5.47. The maximum Gasteiger partial charge on any atom is 0.236 e. The monoisotopic (exact) mass is 249 g/mol. The van der Waals surface area contributed by atoms with Crippen LogP contribution in [0.5, 0.6) is 0 Å². The van der Waals surface area contributed by atoms with E-state index in [4.69, 9.17) is 4.42 Å². The zero-order valence-electron chi connectivity index (χ0n) is 9.10. The smallest absolute Gasteiger partial charge is 0.236 e. The molecule has 1 aromatic heterocycles. The minimum Gasteiger partial charge on any atom is -0.469 e. The number of hydrogen-bond donors (Lipinski definition) is 1. The summed E-state index contributed by atoms with van der Waals surface area (Å²) in [5.41, 5.74) is 1.99. The van der Waals surface area contributed by atoms with Crippen LogP contribution in [-0.4, -0.2) is 22.5 Å². The van der Waals surface area contributed by atoms with Gasteiger partial charge in [0.05, 0.1) is 17.7 Å². The van der Waals surface area contributed by atoms with E-state index >= 15 is 0 Å². The van der Waals surface area contributed by atoms with E-state index in [0.717, 1.165) is 36.3 Å². The second kappa shape index (κ2) is 4.37. The van der Waals surface area contributed by atoms with Crippen molar-refractivity contribution in [3.63, 3.8) is 0 Å². The summed E-state index contributed by atoms with van der Waals surface area (Å²) in [5.74, 6) is 1.40. The van der Waals surface area contributed by atoms with Crippen LogP contribution in [0, 0.1) is 0 Å². The standard InChI is InChI=1S/C11H11N3O2S/c15-10-6-17-11(12-10)14-13-8-2-1-3-9-7(8)4-5-16-9/h4-5H,1-3,6H2,(H,12,14,15)/b13-8+. The van der Waals surface area contributed by atoms with Crippen molar-refractivity contribution in [2.24, 2.45) is 10.2 Å². The Hall–Kier alpha value is -1.56. The summed E-state index contributed by atoms with van der Waals surface area (Å²) in [6.07, 6.45) is 4.58. The second-order valence-electron chi connectivity index (χ2n) is 3.90. The minimum absolute atomic E-state index is 0.0124. The number of aryl methyl sites for hydroxylation is 1. The predicted molar refractivity (Wildman–Crippen MR) is 66.2 cm³/mol. The van der Waals surface area contributed by atoms with E-state index < -0.39 is 0 Å². The molecule has 6 heteroatoms. The van der Waals surface area contributed by atoms with Gasteiger partial charge in [-0.2, -0.15) is 5.10 Å². The molecule has 0 spiro atoms. The molecule has 0 unspecified atom stereocenters. The highest BCUT2D eigenvalue weighted by atomic mass is 32.2. The van der Waals surface area contributed by atoms with Gasteiger partial charge in [-0.25, -0.2) is 0 Å². The maximum absolute atomic E-state index is 11.0. The molecule has 2 aliphatic rings. The Bertz CT molecular complexity index is 519. The number of hydrogen-bond acceptors (Lipinski definition) is 5. The Morgan fingerprint density at radius 3 is 3.12 bits per heavy atom. The fourth-order valence-corrected chi connectivity index (χ4v) is 2.56. The molecule has 88 valence electrons. The topological polar surface area (TPSA) is 67.0 Å². The SMILES string of the molecule is O=C1CS/C(=N\N=C2/CCCc3occc32)N1. The van der Waals surface area contributed by atoms with Crippen LogP contribution < -0.4 is 5.32 Å². The number of fused-ring (bicyclic) bond motifs is 1. The molecule has 1 fully saturated rings. The van der Waals surface area contributed by atoms with Gasteiger partial charge >= 0.3 is 0 Å². The Morgan fingerprint density at radius 1 is 1.35 bits per heavy atom. The molecule has 3 rings (SSSR count). The Labute approximate surface area is 102 Å². The number of nitrogens with zero attached hydrogens (tertiary/aromatic N) is 2. The summed E-state index contributed by atoms with van der Waals surface area (Å²) < 4.78 is 5.37. The molecule has 0 saturated carbocycles. The summed E-state index contributed by atoms with van der Waals surface area (Å²) >= 11 is 1.38. The van der Waals surface area contributed by atoms with Gasteiger partial charge in [0.1, 0.15) is 5.76 Å². The van der Waals surface area contributed by atoms with Crippen LogP contribution in [0.3, 0.4) is 0 Å². The number of amides is 1. The molecular weight excluding hydrogens is 238 g/mol. The van der Waals surface area contributed by atoms with E-state index in [9.17, 15) is 4.79 Å². The first-order chi connectivity index (χ1) is 8.33. The van der Waals surface area contributed by atoms with Crippen molar-refractivity contribution in [2.45, 2.75) is 19.3 Å². The molecule has 17 heavy (non-hydrogen) atoms. The fraction of sp³-hybridized carbons (Fsp3) is 0.364. The van der Waals surface area contributed by atoms with Crippen LogP contribution in [0.4, 0.5) is 0 Å². The number of nitrogens with one attached hydrogen (secondary N) is 1. The number of carbonyl (C=O) groups excluding carboxylic acids is 1. The molecule has 0 bridgehead atoms. The van der Waals surface area contributed by atoms with E-state index in [2.05, 4.69) is 15.5 Å². The van der Waals surface area contributed by atoms with Crippen molar-refractivity contribution in [1.29, 1.82) is 0 Å². The Kier molecular flexibility index (Phi) is 2.72. The van der Waals surface area contributed by atoms with Gasteiger partial charge in [0, 0.05) is 12.0 Å². The van der Waals surface area contributed by atoms with Gasteiger partial charge in [-0.15, -0.1) is 5.10 Å². The molecule has 1 aromatic rings.